The zero-order valence-electron chi connectivity index (χ0n) is 8.01. The molecule has 0 aromatic heterocycles. The molecular formula is C10H12NO2P. The molecule has 2 bridgehead atoms. The summed E-state index contributed by atoms with van der Waals surface area (Å²) in [7, 11) is 0.871. The number of nitrogens with zero attached hydrogens (tertiary/aromatic N) is 1. The summed E-state index contributed by atoms with van der Waals surface area (Å²) in [5, 5.41) is 0. The van der Waals surface area contributed by atoms with Crippen molar-refractivity contribution in [3.05, 3.63) is 29.8 Å². The van der Waals surface area contributed by atoms with Crippen molar-refractivity contribution in [2.24, 2.45) is 0 Å². The molecule has 74 valence electrons. The second-order valence-electron chi connectivity index (χ2n) is 3.55. The van der Waals surface area contributed by atoms with Gasteiger partial charge in [-0.15, -0.1) is 0 Å². The van der Waals surface area contributed by atoms with E-state index in [1.165, 1.54) is 11.3 Å². The summed E-state index contributed by atoms with van der Waals surface area (Å²) in [6.07, 6.45) is 0. The van der Waals surface area contributed by atoms with Crippen LogP contribution in [0.4, 0.5) is 5.69 Å². The van der Waals surface area contributed by atoms with Crippen LogP contribution >= 0.6 is 8.53 Å². The number of rotatable bonds is 1. The van der Waals surface area contributed by atoms with Crippen molar-refractivity contribution >= 4 is 14.2 Å². The van der Waals surface area contributed by atoms with E-state index >= 15 is 0 Å². The molecule has 1 fully saturated rings. The van der Waals surface area contributed by atoms with Crippen molar-refractivity contribution in [1.82, 2.24) is 0 Å². The minimum Gasteiger partial charge on any atom is -0.321 e. The van der Waals surface area contributed by atoms with E-state index in [0.29, 0.717) is 5.92 Å². The highest BCUT2D eigenvalue weighted by Crippen LogP contribution is 2.56. The van der Waals surface area contributed by atoms with Crippen LogP contribution < -0.4 is 4.67 Å². The number of anilines is 1. The van der Waals surface area contributed by atoms with Gasteiger partial charge in [-0.3, -0.25) is 0 Å². The summed E-state index contributed by atoms with van der Waals surface area (Å²) in [4.78, 5) is 0. The lowest BCUT2D eigenvalue weighted by Crippen LogP contribution is -2.25. The van der Waals surface area contributed by atoms with Gasteiger partial charge in [0.25, 0.3) is 8.53 Å². The number of hydrogen-bond donors (Lipinski definition) is 0. The third-order valence-corrected chi connectivity index (χ3v) is 4.24. The fourth-order valence-electron chi connectivity index (χ4n) is 2.15. The third-order valence-electron chi connectivity index (χ3n) is 2.79. The van der Waals surface area contributed by atoms with Gasteiger partial charge in [-0.05, 0) is 11.6 Å². The van der Waals surface area contributed by atoms with Crippen LogP contribution in [0, 0.1) is 0 Å². The molecule has 0 radical (unpaired) electrons. The SMILES string of the molecule is CO[P@@]1OC[C@@H]2CN1c1ccccc12. The number of fused-ring (bicyclic) bond motifs is 5. The van der Waals surface area contributed by atoms with Crippen molar-refractivity contribution in [2.75, 3.05) is 24.9 Å². The monoisotopic (exact) mass is 209 g/mol. The van der Waals surface area contributed by atoms with Crippen LogP contribution in [0.15, 0.2) is 24.3 Å². The van der Waals surface area contributed by atoms with Crippen molar-refractivity contribution in [3.8, 4) is 0 Å². The van der Waals surface area contributed by atoms with Crippen LogP contribution in [-0.4, -0.2) is 20.3 Å². The molecule has 1 saturated heterocycles. The Morgan fingerprint density at radius 1 is 1.50 bits per heavy atom. The average Bonchev–Trinajstić information content (AvgIpc) is 2.55. The molecule has 14 heavy (non-hydrogen) atoms. The zero-order chi connectivity index (χ0) is 9.54. The number of benzene rings is 1. The fourth-order valence-corrected chi connectivity index (χ4v) is 3.58. The highest BCUT2D eigenvalue weighted by Gasteiger charge is 2.39. The van der Waals surface area contributed by atoms with Gasteiger partial charge in [-0.1, -0.05) is 18.2 Å². The molecule has 2 atom stereocenters. The van der Waals surface area contributed by atoms with Crippen LogP contribution in [0.5, 0.6) is 0 Å². The maximum atomic E-state index is 5.67. The van der Waals surface area contributed by atoms with Crippen LogP contribution in [0.2, 0.25) is 0 Å². The number of para-hydroxylation sites is 1. The van der Waals surface area contributed by atoms with Gasteiger partial charge in [0, 0.05) is 25.3 Å². The highest BCUT2D eigenvalue weighted by atomic mass is 31.2. The van der Waals surface area contributed by atoms with Crippen LogP contribution in [0.1, 0.15) is 11.5 Å². The molecule has 0 N–H and O–H groups in total. The molecule has 4 heteroatoms. The number of hydrogen-bond acceptors (Lipinski definition) is 3. The second-order valence-corrected chi connectivity index (χ2v) is 5.14. The fraction of sp³-hybridized carbons (Fsp3) is 0.400. The smallest absolute Gasteiger partial charge is 0.289 e. The van der Waals surface area contributed by atoms with E-state index in [1.807, 2.05) is 0 Å². The first kappa shape index (κ1) is 8.66. The first-order valence-corrected chi connectivity index (χ1v) is 5.86. The minimum atomic E-state index is -0.845. The van der Waals surface area contributed by atoms with Gasteiger partial charge < -0.3 is 13.7 Å². The van der Waals surface area contributed by atoms with Crippen molar-refractivity contribution < 1.29 is 9.05 Å². The van der Waals surface area contributed by atoms with Gasteiger partial charge in [0.15, 0.2) is 0 Å². The third kappa shape index (κ3) is 1.10. The van der Waals surface area contributed by atoms with Gasteiger partial charge >= 0.3 is 0 Å². The summed E-state index contributed by atoms with van der Waals surface area (Å²) < 4.78 is 13.3. The molecule has 0 unspecified atom stereocenters. The molecule has 0 aliphatic carbocycles. The topological polar surface area (TPSA) is 21.7 Å². The van der Waals surface area contributed by atoms with E-state index < -0.39 is 8.53 Å². The normalized spacial score (nSPS) is 29.1. The summed E-state index contributed by atoms with van der Waals surface area (Å²) in [6.45, 7) is 1.85. The largest absolute Gasteiger partial charge is 0.321 e. The van der Waals surface area contributed by atoms with Crippen molar-refractivity contribution in [1.29, 1.82) is 0 Å². The molecule has 2 aliphatic heterocycles. The summed E-state index contributed by atoms with van der Waals surface area (Å²) in [6, 6.07) is 8.51. The van der Waals surface area contributed by atoms with Crippen molar-refractivity contribution in [3.63, 3.8) is 0 Å². The molecule has 2 heterocycles. The first-order valence-electron chi connectivity index (χ1n) is 4.73. The Kier molecular flexibility index (Phi) is 1.98. The van der Waals surface area contributed by atoms with Crippen LogP contribution in [0.25, 0.3) is 0 Å². The van der Waals surface area contributed by atoms with Gasteiger partial charge in [0.1, 0.15) is 0 Å². The molecule has 1 aromatic carbocycles. The lowest BCUT2D eigenvalue weighted by Gasteiger charge is -2.30. The maximum Gasteiger partial charge on any atom is 0.289 e. The predicted octanol–water partition coefficient (Wildman–Crippen LogP) is 2.49. The summed E-state index contributed by atoms with van der Waals surface area (Å²) in [5.74, 6) is 0.542. The molecule has 0 saturated carbocycles. The second kappa shape index (κ2) is 3.20. The van der Waals surface area contributed by atoms with Crippen LogP contribution in [-0.2, 0) is 9.05 Å². The molecule has 3 rings (SSSR count). The Hall–Kier alpha value is -0.630. The maximum absolute atomic E-state index is 5.67. The lowest BCUT2D eigenvalue weighted by molar-refractivity contribution is 0.250. The van der Waals surface area contributed by atoms with E-state index in [2.05, 4.69) is 28.9 Å². The zero-order valence-corrected chi connectivity index (χ0v) is 8.91. The Morgan fingerprint density at radius 2 is 2.36 bits per heavy atom. The molecule has 0 spiro atoms. The van der Waals surface area contributed by atoms with Gasteiger partial charge in [-0.2, -0.15) is 0 Å². The van der Waals surface area contributed by atoms with E-state index in [9.17, 15) is 0 Å². The Balaban J connectivity index is 2.05. The van der Waals surface area contributed by atoms with E-state index in [-0.39, 0.29) is 0 Å². The molecule has 0 amide bonds. The van der Waals surface area contributed by atoms with E-state index in [1.54, 1.807) is 7.11 Å². The minimum absolute atomic E-state index is 0.542. The summed E-state index contributed by atoms with van der Waals surface area (Å²) >= 11 is 0. The van der Waals surface area contributed by atoms with Crippen LogP contribution in [0.3, 0.4) is 0 Å². The van der Waals surface area contributed by atoms with Gasteiger partial charge in [0.2, 0.25) is 0 Å². The molecule has 3 nitrogen and oxygen atoms in total. The molecule has 2 aliphatic rings. The average molecular weight is 209 g/mol. The Morgan fingerprint density at radius 3 is 3.21 bits per heavy atom. The van der Waals surface area contributed by atoms with Gasteiger partial charge in [0.05, 0.1) is 6.61 Å². The summed E-state index contributed by atoms with van der Waals surface area (Å²) in [5.41, 5.74) is 2.71. The quantitative estimate of drug-likeness (QED) is 0.663. The first-order chi connectivity index (χ1) is 6.90. The standard InChI is InChI=1S/C10H12NO2P/c1-12-14-11-6-8(7-13-14)9-4-2-3-5-10(9)11/h2-5,8H,6-7H2,1H3/t8-,14-/m0/s1. The lowest BCUT2D eigenvalue weighted by atomic mass is 10.0. The van der Waals surface area contributed by atoms with Crippen molar-refractivity contribution in [2.45, 2.75) is 5.92 Å². The Bertz CT molecular complexity index is 358. The Labute approximate surface area is 84.6 Å². The molecular weight excluding hydrogens is 197 g/mol. The van der Waals surface area contributed by atoms with Gasteiger partial charge in [-0.25, -0.2) is 0 Å². The highest BCUT2D eigenvalue weighted by molar-refractivity contribution is 7.49. The molecule has 1 aromatic rings. The predicted molar refractivity (Wildman–Crippen MR) is 56.4 cm³/mol. The van der Waals surface area contributed by atoms with E-state index in [0.717, 1.165) is 13.2 Å². The van der Waals surface area contributed by atoms with E-state index in [4.69, 9.17) is 9.05 Å².